The number of hydrogen-bond acceptors (Lipinski definition) is 3. The largest absolute Gasteiger partial charge is 0.496 e. The number of fused-ring (bicyclic) bond motifs is 1. The van der Waals surface area contributed by atoms with Crippen LogP contribution in [0.3, 0.4) is 0 Å². The molecule has 0 saturated carbocycles. The van der Waals surface area contributed by atoms with E-state index in [-0.39, 0.29) is 16.5 Å². The molecule has 0 aromatic heterocycles. The van der Waals surface area contributed by atoms with E-state index in [1.165, 1.54) is 25.3 Å². The van der Waals surface area contributed by atoms with Gasteiger partial charge >= 0.3 is 5.97 Å². The molecule has 126 valence electrons. The van der Waals surface area contributed by atoms with Gasteiger partial charge in [-0.15, -0.1) is 0 Å². The molecule has 0 spiro atoms. The Hall–Kier alpha value is -3.05. The highest BCUT2D eigenvalue weighted by molar-refractivity contribution is 6.33. The molecule has 0 bridgehead atoms. The number of carboxylic acid groups (broad SMARTS) is 1. The van der Waals surface area contributed by atoms with Crippen molar-refractivity contribution >= 4 is 39.9 Å². The Bertz CT molecular complexity index is 984. The lowest BCUT2D eigenvalue weighted by molar-refractivity contribution is 0.0697. The predicted octanol–water partition coefficient (Wildman–Crippen LogP) is 4.45. The van der Waals surface area contributed by atoms with Crippen LogP contribution in [0.5, 0.6) is 5.75 Å². The highest BCUT2D eigenvalue weighted by Gasteiger charge is 2.15. The molecule has 0 aliphatic carbocycles. The molecule has 6 heteroatoms. The molecule has 3 rings (SSSR count). The van der Waals surface area contributed by atoms with Crippen molar-refractivity contribution in [1.82, 2.24) is 0 Å². The van der Waals surface area contributed by atoms with Gasteiger partial charge in [0.05, 0.1) is 23.3 Å². The number of anilines is 1. The number of carbonyl (C=O) groups is 2. The maximum atomic E-state index is 12.6. The molecule has 0 atom stereocenters. The van der Waals surface area contributed by atoms with E-state index in [1.54, 1.807) is 12.1 Å². The summed E-state index contributed by atoms with van der Waals surface area (Å²) < 4.78 is 5.32. The van der Waals surface area contributed by atoms with Crippen LogP contribution in [0.2, 0.25) is 5.02 Å². The molecule has 25 heavy (non-hydrogen) atoms. The Morgan fingerprint density at radius 1 is 1.00 bits per heavy atom. The Morgan fingerprint density at radius 2 is 1.68 bits per heavy atom. The van der Waals surface area contributed by atoms with Gasteiger partial charge in [0.15, 0.2) is 0 Å². The van der Waals surface area contributed by atoms with Crippen LogP contribution in [-0.2, 0) is 0 Å². The number of methoxy groups -OCH3 is 1. The molecule has 1 amide bonds. The highest BCUT2D eigenvalue weighted by Crippen LogP contribution is 2.27. The number of ether oxygens (including phenoxy) is 1. The van der Waals surface area contributed by atoms with Gasteiger partial charge in [-0.3, -0.25) is 4.79 Å². The first-order valence-corrected chi connectivity index (χ1v) is 7.78. The first-order valence-electron chi connectivity index (χ1n) is 7.40. The summed E-state index contributed by atoms with van der Waals surface area (Å²) in [6, 6.07) is 15.4. The van der Waals surface area contributed by atoms with Gasteiger partial charge in [0.2, 0.25) is 0 Å². The van der Waals surface area contributed by atoms with Crippen molar-refractivity contribution in [2.24, 2.45) is 0 Å². The van der Waals surface area contributed by atoms with Gasteiger partial charge in [-0.2, -0.15) is 0 Å². The van der Waals surface area contributed by atoms with Crippen molar-refractivity contribution in [3.8, 4) is 5.75 Å². The molecule has 0 radical (unpaired) electrons. The lowest BCUT2D eigenvalue weighted by Gasteiger charge is -2.11. The van der Waals surface area contributed by atoms with Crippen LogP contribution in [-0.4, -0.2) is 24.1 Å². The fourth-order valence-electron chi connectivity index (χ4n) is 2.53. The summed E-state index contributed by atoms with van der Waals surface area (Å²) >= 11 is 5.93. The maximum absolute atomic E-state index is 12.6. The average Bonchev–Trinajstić information content (AvgIpc) is 2.60. The number of nitrogens with one attached hydrogen (secondary N) is 1. The molecule has 5 nitrogen and oxygen atoms in total. The molecule has 0 unspecified atom stereocenters. The summed E-state index contributed by atoms with van der Waals surface area (Å²) in [5.74, 6) is -1.05. The standard InChI is InChI=1S/C19H14ClNO4/c1-25-17-9-12-5-3-2-4-11(12)8-15(17)18(22)21-13-6-7-14(19(23)24)16(20)10-13/h2-10H,1H3,(H,21,22)(H,23,24). The number of hydrogen-bond donors (Lipinski definition) is 2. The lowest BCUT2D eigenvalue weighted by Crippen LogP contribution is -2.13. The number of halogens is 1. The monoisotopic (exact) mass is 355 g/mol. The van der Waals surface area contributed by atoms with Gasteiger partial charge in [0.25, 0.3) is 5.91 Å². The summed E-state index contributed by atoms with van der Waals surface area (Å²) in [6.07, 6.45) is 0. The summed E-state index contributed by atoms with van der Waals surface area (Å²) in [6.45, 7) is 0. The third kappa shape index (κ3) is 3.41. The third-order valence-electron chi connectivity index (χ3n) is 3.77. The van der Waals surface area contributed by atoms with Crippen LogP contribution in [0.25, 0.3) is 10.8 Å². The fraction of sp³-hybridized carbons (Fsp3) is 0.0526. The SMILES string of the molecule is COc1cc2ccccc2cc1C(=O)Nc1ccc(C(=O)O)c(Cl)c1. The number of rotatable bonds is 4. The smallest absolute Gasteiger partial charge is 0.337 e. The van der Waals surface area contributed by atoms with E-state index < -0.39 is 5.97 Å². The Balaban J connectivity index is 1.94. The second kappa shape index (κ2) is 6.83. The van der Waals surface area contributed by atoms with Crippen molar-refractivity contribution in [3.05, 3.63) is 70.7 Å². The van der Waals surface area contributed by atoms with E-state index in [0.717, 1.165) is 10.8 Å². The average molecular weight is 356 g/mol. The first-order chi connectivity index (χ1) is 12.0. The summed E-state index contributed by atoms with van der Waals surface area (Å²) in [5.41, 5.74) is 0.748. The second-order valence-corrected chi connectivity index (χ2v) is 5.76. The minimum Gasteiger partial charge on any atom is -0.496 e. The molecular weight excluding hydrogens is 342 g/mol. The van der Waals surface area contributed by atoms with Crippen molar-refractivity contribution in [3.63, 3.8) is 0 Å². The zero-order valence-electron chi connectivity index (χ0n) is 13.2. The van der Waals surface area contributed by atoms with Crippen LogP contribution in [0.15, 0.2) is 54.6 Å². The van der Waals surface area contributed by atoms with Crippen LogP contribution >= 0.6 is 11.6 Å². The molecule has 2 N–H and O–H groups in total. The van der Waals surface area contributed by atoms with Gasteiger partial charge in [-0.25, -0.2) is 4.79 Å². The molecule has 0 heterocycles. The number of carbonyl (C=O) groups excluding carboxylic acids is 1. The first kappa shape index (κ1) is 16.8. The number of carboxylic acids is 1. The lowest BCUT2D eigenvalue weighted by atomic mass is 10.1. The topological polar surface area (TPSA) is 75.6 Å². The Morgan fingerprint density at radius 3 is 2.28 bits per heavy atom. The van der Waals surface area contributed by atoms with E-state index in [4.69, 9.17) is 21.4 Å². The summed E-state index contributed by atoms with van der Waals surface area (Å²) in [4.78, 5) is 23.6. The van der Waals surface area contributed by atoms with Gasteiger partial charge in [0.1, 0.15) is 5.75 Å². The highest BCUT2D eigenvalue weighted by atomic mass is 35.5. The van der Waals surface area contributed by atoms with E-state index in [2.05, 4.69) is 5.32 Å². The third-order valence-corrected chi connectivity index (χ3v) is 4.08. The van der Waals surface area contributed by atoms with Gasteiger partial charge < -0.3 is 15.2 Å². The summed E-state index contributed by atoms with van der Waals surface area (Å²) in [5, 5.41) is 13.6. The number of amides is 1. The van der Waals surface area contributed by atoms with Crippen LogP contribution in [0, 0.1) is 0 Å². The zero-order chi connectivity index (χ0) is 18.0. The molecule has 3 aromatic carbocycles. The van der Waals surface area contributed by atoms with Crippen molar-refractivity contribution in [1.29, 1.82) is 0 Å². The quantitative estimate of drug-likeness (QED) is 0.724. The van der Waals surface area contributed by atoms with Crippen LogP contribution in [0.4, 0.5) is 5.69 Å². The van der Waals surface area contributed by atoms with Crippen molar-refractivity contribution in [2.75, 3.05) is 12.4 Å². The molecule has 0 saturated heterocycles. The van der Waals surface area contributed by atoms with E-state index >= 15 is 0 Å². The van der Waals surface area contributed by atoms with Crippen LogP contribution in [0.1, 0.15) is 20.7 Å². The van der Waals surface area contributed by atoms with Gasteiger partial charge in [-0.05, 0) is 41.1 Å². The molecule has 0 aliphatic heterocycles. The Labute approximate surface area is 148 Å². The summed E-state index contributed by atoms with van der Waals surface area (Å²) in [7, 11) is 1.50. The van der Waals surface area contributed by atoms with E-state index in [1.807, 2.05) is 24.3 Å². The minimum atomic E-state index is -1.13. The van der Waals surface area contributed by atoms with Crippen molar-refractivity contribution < 1.29 is 19.4 Å². The number of benzene rings is 3. The van der Waals surface area contributed by atoms with E-state index in [9.17, 15) is 9.59 Å². The van der Waals surface area contributed by atoms with Crippen LogP contribution < -0.4 is 10.1 Å². The van der Waals surface area contributed by atoms with E-state index in [0.29, 0.717) is 17.0 Å². The Kier molecular flexibility index (Phi) is 4.59. The molecule has 3 aromatic rings. The van der Waals surface area contributed by atoms with Gasteiger partial charge in [0, 0.05) is 5.69 Å². The fourth-order valence-corrected chi connectivity index (χ4v) is 2.79. The predicted molar refractivity (Wildman–Crippen MR) is 96.9 cm³/mol. The zero-order valence-corrected chi connectivity index (χ0v) is 14.0. The maximum Gasteiger partial charge on any atom is 0.337 e. The van der Waals surface area contributed by atoms with Crippen molar-refractivity contribution in [2.45, 2.75) is 0 Å². The number of aromatic carboxylic acids is 1. The minimum absolute atomic E-state index is 0.0250. The van der Waals surface area contributed by atoms with Gasteiger partial charge in [-0.1, -0.05) is 35.9 Å². The molecular formula is C19H14ClNO4. The molecule has 0 fully saturated rings. The second-order valence-electron chi connectivity index (χ2n) is 5.35. The normalized spacial score (nSPS) is 10.5. The molecule has 0 aliphatic rings.